The second kappa shape index (κ2) is 9.27. The normalized spacial score (nSPS) is 12.1. The Morgan fingerprint density at radius 1 is 1.22 bits per heavy atom. The van der Waals surface area contributed by atoms with Crippen LogP contribution in [-0.2, 0) is 4.79 Å². The number of nitrogens with one attached hydrogen (secondary N) is 2. The highest BCUT2D eigenvalue weighted by atomic mass is 32.2. The highest BCUT2D eigenvalue weighted by molar-refractivity contribution is 7.98. The first-order valence-electron chi connectivity index (χ1n) is 9.99. The number of hydrogen-bond donors (Lipinski definition) is 2. The number of carbonyl (C=O) groups is 1. The molecule has 164 valence electrons. The SMILES string of the molecule is COc1ccc2cc(NC(=O)C(CCSC)n3c(=O)[nH]c4ccccc4c3=O)cnc2c1. The third-order valence-electron chi connectivity index (χ3n) is 5.21. The lowest BCUT2D eigenvalue weighted by atomic mass is 10.1. The molecule has 8 nitrogen and oxygen atoms in total. The smallest absolute Gasteiger partial charge is 0.329 e. The van der Waals surface area contributed by atoms with Crippen LogP contribution in [0.2, 0.25) is 0 Å². The van der Waals surface area contributed by atoms with Crippen molar-refractivity contribution in [2.24, 2.45) is 0 Å². The number of hydrogen-bond acceptors (Lipinski definition) is 6. The third-order valence-corrected chi connectivity index (χ3v) is 5.85. The number of rotatable bonds is 7. The largest absolute Gasteiger partial charge is 0.497 e. The summed E-state index contributed by atoms with van der Waals surface area (Å²) in [6.45, 7) is 0. The molecule has 0 aliphatic carbocycles. The molecule has 32 heavy (non-hydrogen) atoms. The first-order valence-corrected chi connectivity index (χ1v) is 11.4. The maximum Gasteiger partial charge on any atom is 0.329 e. The minimum absolute atomic E-state index is 0.326. The summed E-state index contributed by atoms with van der Waals surface area (Å²) in [6, 6.07) is 13.0. The molecule has 0 saturated carbocycles. The molecule has 0 aliphatic rings. The summed E-state index contributed by atoms with van der Waals surface area (Å²) < 4.78 is 6.22. The van der Waals surface area contributed by atoms with Crippen LogP contribution in [0.3, 0.4) is 0 Å². The number of para-hydroxylation sites is 1. The highest BCUT2D eigenvalue weighted by Crippen LogP contribution is 2.23. The Hall–Kier alpha value is -3.59. The topological polar surface area (TPSA) is 106 Å². The van der Waals surface area contributed by atoms with Crippen LogP contribution in [0.15, 0.2) is 64.3 Å². The number of fused-ring (bicyclic) bond motifs is 2. The van der Waals surface area contributed by atoms with E-state index in [0.717, 1.165) is 15.5 Å². The maximum absolute atomic E-state index is 13.2. The molecule has 0 spiro atoms. The lowest BCUT2D eigenvalue weighted by Crippen LogP contribution is -2.43. The number of pyridine rings is 1. The molecule has 0 radical (unpaired) electrons. The summed E-state index contributed by atoms with van der Waals surface area (Å²) in [7, 11) is 1.58. The number of benzene rings is 2. The molecule has 0 bridgehead atoms. The van der Waals surface area contributed by atoms with Gasteiger partial charge in [-0.2, -0.15) is 11.8 Å². The van der Waals surface area contributed by atoms with Gasteiger partial charge in [-0.1, -0.05) is 12.1 Å². The van der Waals surface area contributed by atoms with E-state index in [1.807, 2.05) is 18.4 Å². The predicted octanol–water partition coefficient (Wildman–Crippen LogP) is 3.18. The molecule has 2 N–H and O–H groups in total. The Kier molecular flexibility index (Phi) is 6.27. The van der Waals surface area contributed by atoms with Gasteiger partial charge in [-0.15, -0.1) is 0 Å². The zero-order chi connectivity index (χ0) is 22.7. The zero-order valence-corrected chi connectivity index (χ0v) is 18.4. The monoisotopic (exact) mass is 450 g/mol. The quantitative estimate of drug-likeness (QED) is 0.448. The zero-order valence-electron chi connectivity index (χ0n) is 17.6. The van der Waals surface area contributed by atoms with Crippen molar-refractivity contribution >= 4 is 45.2 Å². The van der Waals surface area contributed by atoms with Gasteiger partial charge in [0.25, 0.3) is 5.56 Å². The van der Waals surface area contributed by atoms with Gasteiger partial charge in [-0.25, -0.2) is 9.36 Å². The van der Waals surface area contributed by atoms with Gasteiger partial charge in [0.2, 0.25) is 5.91 Å². The molecule has 2 aromatic carbocycles. The van der Waals surface area contributed by atoms with E-state index < -0.39 is 23.2 Å². The van der Waals surface area contributed by atoms with E-state index in [1.165, 1.54) is 11.8 Å². The van der Waals surface area contributed by atoms with Crippen LogP contribution in [0.4, 0.5) is 5.69 Å². The fourth-order valence-electron chi connectivity index (χ4n) is 3.59. The molecule has 0 saturated heterocycles. The molecule has 4 aromatic rings. The molecule has 4 rings (SSSR count). The molecule has 1 unspecified atom stereocenters. The van der Waals surface area contributed by atoms with E-state index in [0.29, 0.717) is 34.5 Å². The Labute approximate surface area is 187 Å². The summed E-state index contributed by atoms with van der Waals surface area (Å²) in [5.74, 6) is 0.845. The fourth-order valence-corrected chi connectivity index (χ4v) is 4.05. The molecule has 1 amide bonds. The number of amides is 1. The molecule has 2 heterocycles. The average Bonchev–Trinajstić information content (AvgIpc) is 2.80. The number of methoxy groups -OCH3 is 1. The lowest BCUT2D eigenvalue weighted by molar-refractivity contribution is -0.119. The van der Waals surface area contributed by atoms with E-state index >= 15 is 0 Å². The molecule has 0 aliphatic heterocycles. The van der Waals surface area contributed by atoms with Gasteiger partial charge in [0.1, 0.15) is 11.8 Å². The van der Waals surface area contributed by atoms with Crippen LogP contribution in [0, 0.1) is 0 Å². The molecule has 9 heteroatoms. The molecule has 2 aromatic heterocycles. The van der Waals surface area contributed by atoms with Crippen molar-refractivity contribution in [3.63, 3.8) is 0 Å². The second-order valence-corrected chi connectivity index (χ2v) is 8.21. The number of carbonyl (C=O) groups excluding carboxylic acids is 1. The summed E-state index contributed by atoms with van der Waals surface area (Å²) in [5.41, 5.74) is 0.542. The average molecular weight is 451 g/mol. The van der Waals surface area contributed by atoms with Gasteiger partial charge in [-0.3, -0.25) is 14.6 Å². The lowest BCUT2D eigenvalue weighted by Gasteiger charge is -2.19. The van der Waals surface area contributed by atoms with Crippen molar-refractivity contribution in [2.75, 3.05) is 24.4 Å². The Morgan fingerprint density at radius 3 is 2.81 bits per heavy atom. The van der Waals surface area contributed by atoms with Crippen LogP contribution in [0.1, 0.15) is 12.5 Å². The van der Waals surface area contributed by atoms with E-state index in [1.54, 1.807) is 49.7 Å². The Morgan fingerprint density at radius 2 is 2.03 bits per heavy atom. The molecular formula is C23H22N4O4S. The number of ether oxygens (including phenoxy) is 1. The highest BCUT2D eigenvalue weighted by Gasteiger charge is 2.25. The predicted molar refractivity (Wildman–Crippen MR) is 128 cm³/mol. The van der Waals surface area contributed by atoms with E-state index in [4.69, 9.17) is 4.74 Å². The number of thioether (sulfide) groups is 1. The van der Waals surface area contributed by atoms with Gasteiger partial charge in [0.15, 0.2) is 0 Å². The minimum atomic E-state index is -0.963. The van der Waals surface area contributed by atoms with Crippen molar-refractivity contribution in [1.82, 2.24) is 14.5 Å². The van der Waals surface area contributed by atoms with Gasteiger partial charge >= 0.3 is 5.69 Å². The summed E-state index contributed by atoms with van der Waals surface area (Å²) in [5, 5.41) is 4.00. The Balaban J connectivity index is 1.70. The van der Waals surface area contributed by atoms with Gasteiger partial charge in [0.05, 0.1) is 35.4 Å². The molecular weight excluding hydrogens is 428 g/mol. The Bertz CT molecular complexity index is 1410. The second-order valence-electron chi connectivity index (χ2n) is 7.22. The van der Waals surface area contributed by atoms with Gasteiger partial charge in [-0.05, 0) is 48.8 Å². The standard InChI is InChI=1S/C23H22N4O4S/c1-31-16-8-7-14-11-15(13-24-19(14)12-16)25-21(28)20(9-10-32-2)27-22(29)17-5-3-4-6-18(17)26-23(27)30/h3-8,11-13,20H,9-10H2,1-2H3,(H,25,28)(H,26,30). The number of nitrogens with zero attached hydrogens (tertiary/aromatic N) is 2. The third kappa shape index (κ3) is 4.24. The minimum Gasteiger partial charge on any atom is -0.497 e. The van der Waals surface area contributed by atoms with Crippen molar-refractivity contribution in [2.45, 2.75) is 12.5 Å². The summed E-state index contributed by atoms with van der Waals surface area (Å²) in [6.07, 6.45) is 3.77. The van der Waals surface area contributed by atoms with E-state index in [9.17, 15) is 14.4 Å². The molecule has 1 atom stereocenters. The number of H-pyrrole nitrogens is 1. The fraction of sp³-hybridized carbons (Fsp3) is 0.217. The summed E-state index contributed by atoms with van der Waals surface area (Å²) in [4.78, 5) is 46.1. The van der Waals surface area contributed by atoms with E-state index in [-0.39, 0.29) is 0 Å². The van der Waals surface area contributed by atoms with Crippen LogP contribution >= 0.6 is 11.8 Å². The molecule has 0 fully saturated rings. The van der Waals surface area contributed by atoms with Crippen LogP contribution in [-0.4, -0.2) is 39.6 Å². The van der Waals surface area contributed by atoms with Crippen molar-refractivity contribution < 1.29 is 9.53 Å². The number of anilines is 1. The van der Waals surface area contributed by atoms with Crippen molar-refractivity contribution in [1.29, 1.82) is 0 Å². The number of aromatic nitrogens is 3. The van der Waals surface area contributed by atoms with Crippen molar-refractivity contribution in [3.05, 3.63) is 75.6 Å². The van der Waals surface area contributed by atoms with Crippen LogP contribution in [0.5, 0.6) is 5.75 Å². The van der Waals surface area contributed by atoms with Gasteiger partial charge < -0.3 is 15.0 Å². The maximum atomic E-state index is 13.2. The van der Waals surface area contributed by atoms with Gasteiger partial charge in [0, 0.05) is 11.5 Å². The van der Waals surface area contributed by atoms with Crippen molar-refractivity contribution in [3.8, 4) is 5.75 Å². The van der Waals surface area contributed by atoms with Crippen LogP contribution < -0.4 is 21.3 Å². The van der Waals surface area contributed by atoms with Crippen LogP contribution in [0.25, 0.3) is 21.8 Å². The first-order chi connectivity index (χ1) is 15.5. The number of aromatic amines is 1. The summed E-state index contributed by atoms with van der Waals surface area (Å²) >= 11 is 1.54. The first kappa shape index (κ1) is 21.6. The van der Waals surface area contributed by atoms with E-state index in [2.05, 4.69) is 15.3 Å².